The van der Waals surface area contributed by atoms with E-state index in [0.717, 1.165) is 30.5 Å². The topological polar surface area (TPSA) is 29.3 Å². The van der Waals surface area contributed by atoms with Crippen LogP contribution in [0.2, 0.25) is 0 Å². The zero-order valence-electron chi connectivity index (χ0n) is 9.45. The summed E-state index contributed by atoms with van der Waals surface area (Å²) < 4.78 is 1.15. The molecule has 2 nitrogen and oxygen atoms in total. The van der Waals surface area contributed by atoms with Crippen molar-refractivity contribution in [2.24, 2.45) is 5.73 Å². The Kier molecular flexibility index (Phi) is 5.25. The Morgan fingerprint density at radius 3 is 2.81 bits per heavy atom. The Bertz CT molecular complexity index is 357. The van der Waals surface area contributed by atoms with Crippen LogP contribution in [-0.2, 0) is 6.54 Å². The lowest BCUT2D eigenvalue weighted by Crippen LogP contribution is -2.26. The van der Waals surface area contributed by atoms with Gasteiger partial charge in [-0.25, -0.2) is 0 Å². The van der Waals surface area contributed by atoms with E-state index in [9.17, 15) is 0 Å². The molecule has 16 heavy (non-hydrogen) atoms. The van der Waals surface area contributed by atoms with Crippen molar-refractivity contribution in [1.82, 2.24) is 4.90 Å². The van der Waals surface area contributed by atoms with Crippen molar-refractivity contribution in [3.05, 3.63) is 33.8 Å². The third-order valence-corrected chi connectivity index (χ3v) is 3.50. The van der Waals surface area contributed by atoms with E-state index in [2.05, 4.69) is 46.0 Å². The monoisotopic (exact) mass is 304 g/mol. The SMILES string of the molecule is Cc1cc(Br)ccc1CN1CC[C@@H](N)C1.Cl. The van der Waals surface area contributed by atoms with Crippen LogP contribution in [0.5, 0.6) is 0 Å². The number of aryl methyl sites for hydroxylation is 1. The number of rotatable bonds is 2. The Balaban J connectivity index is 0.00000128. The average molecular weight is 306 g/mol. The highest BCUT2D eigenvalue weighted by Gasteiger charge is 2.19. The second-order valence-electron chi connectivity index (χ2n) is 4.35. The van der Waals surface area contributed by atoms with E-state index in [1.807, 2.05) is 0 Å². The molecule has 90 valence electrons. The molecule has 1 aliphatic heterocycles. The standard InChI is InChI=1S/C12H17BrN2.ClH/c1-9-6-11(13)3-2-10(9)7-15-5-4-12(14)8-15;/h2-3,6,12H,4-5,7-8,14H2,1H3;1H/t12-;/m1./s1. The lowest BCUT2D eigenvalue weighted by molar-refractivity contribution is 0.326. The summed E-state index contributed by atoms with van der Waals surface area (Å²) in [6.07, 6.45) is 1.13. The van der Waals surface area contributed by atoms with E-state index >= 15 is 0 Å². The molecule has 0 amide bonds. The van der Waals surface area contributed by atoms with Crippen LogP contribution in [0.1, 0.15) is 17.5 Å². The molecule has 4 heteroatoms. The van der Waals surface area contributed by atoms with Crippen molar-refractivity contribution in [3.8, 4) is 0 Å². The van der Waals surface area contributed by atoms with Crippen LogP contribution in [0.3, 0.4) is 0 Å². The average Bonchev–Trinajstić information content (AvgIpc) is 2.56. The molecule has 0 aromatic heterocycles. The molecule has 1 fully saturated rings. The molecule has 1 aromatic carbocycles. The number of hydrogen-bond acceptors (Lipinski definition) is 2. The number of nitrogens with two attached hydrogens (primary N) is 1. The summed E-state index contributed by atoms with van der Waals surface area (Å²) >= 11 is 3.48. The van der Waals surface area contributed by atoms with E-state index < -0.39 is 0 Å². The summed E-state index contributed by atoms with van der Waals surface area (Å²) in [5.74, 6) is 0. The largest absolute Gasteiger partial charge is 0.326 e. The third kappa shape index (κ3) is 3.45. The highest BCUT2D eigenvalue weighted by atomic mass is 79.9. The number of nitrogens with zero attached hydrogens (tertiary/aromatic N) is 1. The number of benzene rings is 1. The molecule has 1 atom stereocenters. The van der Waals surface area contributed by atoms with Crippen LogP contribution in [0.15, 0.2) is 22.7 Å². The Morgan fingerprint density at radius 1 is 1.50 bits per heavy atom. The first-order valence-corrected chi connectivity index (χ1v) is 6.17. The Morgan fingerprint density at radius 2 is 2.25 bits per heavy atom. The van der Waals surface area contributed by atoms with Gasteiger partial charge in [0.05, 0.1) is 0 Å². The van der Waals surface area contributed by atoms with Gasteiger partial charge in [-0.2, -0.15) is 0 Å². The molecular formula is C12H18BrClN2. The molecule has 2 N–H and O–H groups in total. The van der Waals surface area contributed by atoms with Crippen LogP contribution < -0.4 is 5.73 Å². The molecule has 2 rings (SSSR count). The molecule has 0 radical (unpaired) electrons. The normalized spacial score (nSPS) is 20.8. The van der Waals surface area contributed by atoms with Gasteiger partial charge < -0.3 is 5.73 Å². The van der Waals surface area contributed by atoms with Gasteiger partial charge in [0.2, 0.25) is 0 Å². The molecular weight excluding hydrogens is 288 g/mol. The van der Waals surface area contributed by atoms with Crippen molar-refractivity contribution < 1.29 is 0 Å². The minimum absolute atomic E-state index is 0. The van der Waals surface area contributed by atoms with Crippen LogP contribution in [-0.4, -0.2) is 24.0 Å². The highest BCUT2D eigenvalue weighted by molar-refractivity contribution is 9.10. The fraction of sp³-hybridized carbons (Fsp3) is 0.500. The first-order valence-electron chi connectivity index (χ1n) is 5.38. The van der Waals surface area contributed by atoms with E-state index in [4.69, 9.17) is 5.73 Å². The van der Waals surface area contributed by atoms with Crippen molar-refractivity contribution in [2.75, 3.05) is 13.1 Å². The molecule has 0 saturated carbocycles. The molecule has 0 aliphatic carbocycles. The summed E-state index contributed by atoms with van der Waals surface area (Å²) in [4.78, 5) is 2.43. The van der Waals surface area contributed by atoms with Crippen molar-refractivity contribution in [2.45, 2.75) is 25.9 Å². The second kappa shape index (κ2) is 6.01. The molecule has 0 spiro atoms. The van der Waals surface area contributed by atoms with Crippen molar-refractivity contribution >= 4 is 28.3 Å². The fourth-order valence-corrected chi connectivity index (χ4v) is 2.56. The number of halogens is 2. The summed E-state index contributed by atoms with van der Waals surface area (Å²) in [5, 5.41) is 0. The summed E-state index contributed by atoms with van der Waals surface area (Å²) in [5.41, 5.74) is 8.65. The van der Waals surface area contributed by atoms with E-state index in [0.29, 0.717) is 6.04 Å². The maximum atomic E-state index is 5.89. The van der Waals surface area contributed by atoms with Gasteiger partial charge in [0, 0.05) is 30.1 Å². The highest BCUT2D eigenvalue weighted by Crippen LogP contribution is 2.19. The fourth-order valence-electron chi connectivity index (χ4n) is 2.08. The summed E-state index contributed by atoms with van der Waals surface area (Å²) in [6.45, 7) is 5.37. The second-order valence-corrected chi connectivity index (χ2v) is 5.27. The first-order chi connectivity index (χ1) is 7.15. The van der Waals surface area contributed by atoms with E-state index in [-0.39, 0.29) is 12.4 Å². The lowest BCUT2D eigenvalue weighted by atomic mass is 10.1. The predicted molar refractivity (Wildman–Crippen MR) is 74.0 cm³/mol. The zero-order chi connectivity index (χ0) is 10.8. The van der Waals surface area contributed by atoms with Gasteiger partial charge in [0.1, 0.15) is 0 Å². The van der Waals surface area contributed by atoms with Gasteiger partial charge in [-0.05, 0) is 36.6 Å². The van der Waals surface area contributed by atoms with Crippen LogP contribution >= 0.6 is 28.3 Å². The number of hydrogen-bond donors (Lipinski definition) is 1. The molecule has 1 aliphatic rings. The third-order valence-electron chi connectivity index (χ3n) is 3.01. The minimum atomic E-state index is 0. The van der Waals surface area contributed by atoms with E-state index in [1.54, 1.807) is 0 Å². The summed E-state index contributed by atoms with van der Waals surface area (Å²) in [6, 6.07) is 6.85. The minimum Gasteiger partial charge on any atom is -0.326 e. The van der Waals surface area contributed by atoms with Gasteiger partial charge in [-0.3, -0.25) is 4.90 Å². The maximum Gasteiger partial charge on any atom is 0.0237 e. The molecule has 0 bridgehead atoms. The van der Waals surface area contributed by atoms with Gasteiger partial charge >= 0.3 is 0 Å². The Labute approximate surface area is 112 Å². The lowest BCUT2D eigenvalue weighted by Gasteiger charge is -2.16. The molecule has 1 saturated heterocycles. The Hall–Kier alpha value is -0.0900. The van der Waals surface area contributed by atoms with Crippen molar-refractivity contribution in [1.29, 1.82) is 0 Å². The van der Waals surface area contributed by atoms with Crippen LogP contribution in [0, 0.1) is 6.92 Å². The maximum absolute atomic E-state index is 5.89. The van der Waals surface area contributed by atoms with Gasteiger partial charge in [0.15, 0.2) is 0 Å². The van der Waals surface area contributed by atoms with Crippen LogP contribution in [0.4, 0.5) is 0 Å². The van der Waals surface area contributed by atoms with Crippen molar-refractivity contribution in [3.63, 3.8) is 0 Å². The van der Waals surface area contributed by atoms with Crippen LogP contribution in [0.25, 0.3) is 0 Å². The quantitative estimate of drug-likeness (QED) is 0.910. The zero-order valence-corrected chi connectivity index (χ0v) is 11.9. The first kappa shape index (κ1) is 14.0. The summed E-state index contributed by atoms with van der Waals surface area (Å²) in [7, 11) is 0. The number of likely N-dealkylation sites (tertiary alicyclic amines) is 1. The van der Waals surface area contributed by atoms with Gasteiger partial charge in [-0.15, -0.1) is 12.4 Å². The van der Waals surface area contributed by atoms with Gasteiger partial charge in [0.25, 0.3) is 0 Å². The smallest absolute Gasteiger partial charge is 0.0237 e. The van der Waals surface area contributed by atoms with E-state index in [1.165, 1.54) is 11.1 Å². The molecule has 1 aromatic rings. The predicted octanol–water partition coefficient (Wildman–Crippen LogP) is 2.71. The molecule has 1 heterocycles. The molecule has 0 unspecified atom stereocenters. The van der Waals surface area contributed by atoms with Gasteiger partial charge in [-0.1, -0.05) is 22.0 Å².